The number of nitrogens with zero attached hydrogens (tertiary/aromatic N) is 1. The Morgan fingerprint density at radius 2 is 1.89 bits per heavy atom. The first-order valence-corrected chi connectivity index (χ1v) is 9.87. The maximum Gasteiger partial charge on any atom is 0.308 e. The van der Waals surface area contributed by atoms with E-state index in [-0.39, 0.29) is 18.5 Å². The van der Waals surface area contributed by atoms with Gasteiger partial charge in [0.05, 0.1) is 12.0 Å². The van der Waals surface area contributed by atoms with E-state index in [0.29, 0.717) is 6.42 Å². The fourth-order valence-corrected chi connectivity index (χ4v) is 3.84. The molecule has 2 aromatic rings. The molecule has 0 bridgehead atoms. The number of aliphatic carboxylic acids is 1. The van der Waals surface area contributed by atoms with Crippen LogP contribution in [0.15, 0.2) is 54.6 Å². The normalized spacial score (nSPS) is 18.0. The van der Waals surface area contributed by atoms with Crippen LogP contribution in [-0.4, -0.2) is 41.0 Å². The molecule has 1 saturated heterocycles. The monoisotopic (exact) mass is 380 g/mol. The van der Waals surface area contributed by atoms with Crippen molar-refractivity contribution in [1.29, 1.82) is 0 Å². The lowest BCUT2D eigenvalue weighted by molar-refractivity contribution is -0.141. The third kappa shape index (κ3) is 5.42. The van der Waals surface area contributed by atoms with Crippen molar-refractivity contribution in [3.63, 3.8) is 0 Å². The van der Waals surface area contributed by atoms with E-state index >= 15 is 0 Å². The number of carboxylic acids is 1. The van der Waals surface area contributed by atoms with Crippen LogP contribution in [0.5, 0.6) is 0 Å². The van der Waals surface area contributed by atoms with Gasteiger partial charge in [0.1, 0.15) is 0 Å². The fourth-order valence-electron chi connectivity index (χ4n) is 3.84. The molecule has 0 radical (unpaired) electrons. The second-order valence-electron chi connectivity index (χ2n) is 7.59. The molecule has 0 spiro atoms. The molecule has 0 aromatic heterocycles. The van der Waals surface area contributed by atoms with Crippen molar-refractivity contribution >= 4 is 11.9 Å². The van der Waals surface area contributed by atoms with Crippen molar-refractivity contribution in [1.82, 2.24) is 10.2 Å². The lowest BCUT2D eigenvalue weighted by Gasteiger charge is -2.24. The largest absolute Gasteiger partial charge is 0.481 e. The minimum absolute atomic E-state index is 0.0658. The highest BCUT2D eigenvalue weighted by Gasteiger charge is 2.31. The second-order valence-corrected chi connectivity index (χ2v) is 7.59. The lowest BCUT2D eigenvalue weighted by atomic mass is 9.98. The first kappa shape index (κ1) is 20.1. The van der Waals surface area contributed by atoms with Gasteiger partial charge in [-0.05, 0) is 43.9 Å². The smallest absolute Gasteiger partial charge is 0.308 e. The van der Waals surface area contributed by atoms with Crippen molar-refractivity contribution in [2.24, 2.45) is 5.92 Å². The number of nitrogens with one attached hydrogen (secondary N) is 1. The topological polar surface area (TPSA) is 69.6 Å². The number of aryl methyl sites for hydroxylation is 1. The van der Waals surface area contributed by atoms with Crippen LogP contribution >= 0.6 is 0 Å². The van der Waals surface area contributed by atoms with Gasteiger partial charge in [-0.2, -0.15) is 0 Å². The fraction of sp³-hybridized carbons (Fsp3) is 0.391. The summed E-state index contributed by atoms with van der Waals surface area (Å²) < 4.78 is 0. The van der Waals surface area contributed by atoms with Gasteiger partial charge in [-0.1, -0.05) is 60.2 Å². The molecule has 1 aliphatic heterocycles. The van der Waals surface area contributed by atoms with E-state index in [9.17, 15) is 14.7 Å². The molecule has 5 nitrogen and oxygen atoms in total. The Kier molecular flexibility index (Phi) is 6.82. The summed E-state index contributed by atoms with van der Waals surface area (Å²) in [5, 5.41) is 12.5. The van der Waals surface area contributed by atoms with Crippen LogP contribution in [-0.2, 0) is 22.6 Å². The number of benzene rings is 2. The SMILES string of the molecule is Cc1cccc(CC(CNC(=O)C2CCCN2Cc2ccccc2)C(=O)O)c1. The van der Waals surface area contributed by atoms with Gasteiger partial charge in [0.15, 0.2) is 0 Å². The molecule has 2 unspecified atom stereocenters. The Balaban J connectivity index is 1.57. The molecule has 1 fully saturated rings. The van der Waals surface area contributed by atoms with Gasteiger partial charge in [-0.15, -0.1) is 0 Å². The standard InChI is InChI=1S/C23H28N2O3/c1-17-7-5-10-19(13-17)14-20(23(27)28)15-24-22(26)21-11-6-12-25(21)16-18-8-3-2-4-9-18/h2-5,7-10,13,20-21H,6,11-12,14-16H2,1H3,(H,24,26)(H,27,28). The van der Waals surface area contributed by atoms with E-state index in [1.165, 1.54) is 5.56 Å². The average Bonchev–Trinajstić information content (AvgIpc) is 3.13. The van der Waals surface area contributed by atoms with Crippen LogP contribution in [0.4, 0.5) is 0 Å². The Morgan fingerprint density at radius 1 is 1.14 bits per heavy atom. The Labute approximate surface area is 166 Å². The summed E-state index contributed by atoms with van der Waals surface area (Å²) in [6.45, 7) is 3.77. The van der Waals surface area contributed by atoms with E-state index in [4.69, 9.17) is 0 Å². The zero-order valence-electron chi connectivity index (χ0n) is 16.3. The lowest BCUT2D eigenvalue weighted by Crippen LogP contribution is -2.45. The number of amides is 1. The highest BCUT2D eigenvalue weighted by molar-refractivity contribution is 5.82. The summed E-state index contributed by atoms with van der Waals surface area (Å²) in [6, 6.07) is 17.8. The van der Waals surface area contributed by atoms with E-state index in [1.54, 1.807) is 0 Å². The van der Waals surface area contributed by atoms with E-state index in [2.05, 4.69) is 22.3 Å². The highest BCUT2D eigenvalue weighted by Crippen LogP contribution is 2.20. The molecule has 2 atom stereocenters. The molecular weight excluding hydrogens is 352 g/mol. The molecule has 148 valence electrons. The zero-order valence-corrected chi connectivity index (χ0v) is 16.3. The maximum absolute atomic E-state index is 12.7. The maximum atomic E-state index is 12.7. The van der Waals surface area contributed by atoms with E-state index < -0.39 is 11.9 Å². The summed E-state index contributed by atoms with van der Waals surface area (Å²) in [6.07, 6.45) is 2.21. The predicted octanol–water partition coefficient (Wildman–Crippen LogP) is 3.02. The number of carbonyl (C=O) groups excluding carboxylic acids is 1. The minimum Gasteiger partial charge on any atom is -0.481 e. The van der Waals surface area contributed by atoms with Crippen molar-refractivity contribution in [3.05, 3.63) is 71.3 Å². The summed E-state index contributed by atoms with van der Waals surface area (Å²) in [5.41, 5.74) is 3.27. The van der Waals surface area contributed by atoms with Gasteiger partial charge in [-0.25, -0.2) is 0 Å². The van der Waals surface area contributed by atoms with E-state index in [1.807, 2.05) is 49.4 Å². The van der Waals surface area contributed by atoms with Gasteiger partial charge in [0, 0.05) is 13.1 Å². The van der Waals surface area contributed by atoms with Gasteiger partial charge in [0.2, 0.25) is 5.91 Å². The van der Waals surface area contributed by atoms with E-state index in [0.717, 1.165) is 37.1 Å². The number of rotatable bonds is 8. The average molecular weight is 380 g/mol. The van der Waals surface area contributed by atoms with Crippen LogP contribution in [0.2, 0.25) is 0 Å². The molecule has 28 heavy (non-hydrogen) atoms. The summed E-state index contributed by atoms with van der Waals surface area (Å²) >= 11 is 0. The van der Waals surface area contributed by atoms with Crippen molar-refractivity contribution in [2.75, 3.05) is 13.1 Å². The Morgan fingerprint density at radius 3 is 2.61 bits per heavy atom. The number of likely N-dealkylation sites (tertiary alicyclic amines) is 1. The van der Waals surface area contributed by atoms with Crippen LogP contribution in [0.25, 0.3) is 0 Å². The first-order valence-electron chi connectivity index (χ1n) is 9.87. The molecule has 5 heteroatoms. The van der Waals surface area contributed by atoms with Crippen molar-refractivity contribution in [2.45, 2.75) is 38.8 Å². The second kappa shape index (κ2) is 9.51. The summed E-state index contributed by atoms with van der Waals surface area (Å²) in [4.78, 5) is 26.6. The van der Waals surface area contributed by atoms with Gasteiger partial charge < -0.3 is 10.4 Å². The molecule has 0 aliphatic carbocycles. The Bertz CT molecular complexity index is 807. The van der Waals surface area contributed by atoms with Crippen LogP contribution < -0.4 is 5.32 Å². The predicted molar refractivity (Wildman–Crippen MR) is 109 cm³/mol. The van der Waals surface area contributed by atoms with Crippen LogP contribution in [0.1, 0.15) is 29.5 Å². The summed E-state index contributed by atoms with van der Waals surface area (Å²) in [7, 11) is 0. The molecule has 3 rings (SSSR count). The highest BCUT2D eigenvalue weighted by atomic mass is 16.4. The third-order valence-corrected chi connectivity index (χ3v) is 5.33. The number of hydrogen-bond acceptors (Lipinski definition) is 3. The van der Waals surface area contributed by atoms with Gasteiger partial charge >= 0.3 is 5.97 Å². The molecule has 0 saturated carbocycles. The molecule has 1 aliphatic rings. The number of hydrogen-bond donors (Lipinski definition) is 2. The van der Waals surface area contributed by atoms with Crippen molar-refractivity contribution in [3.8, 4) is 0 Å². The van der Waals surface area contributed by atoms with Crippen molar-refractivity contribution < 1.29 is 14.7 Å². The minimum atomic E-state index is -0.880. The number of carbonyl (C=O) groups is 2. The van der Waals surface area contributed by atoms with Gasteiger partial charge in [-0.3, -0.25) is 14.5 Å². The van der Waals surface area contributed by atoms with Gasteiger partial charge in [0.25, 0.3) is 0 Å². The quantitative estimate of drug-likeness (QED) is 0.739. The zero-order chi connectivity index (χ0) is 19.9. The molecule has 2 aromatic carbocycles. The molecule has 2 N–H and O–H groups in total. The van der Waals surface area contributed by atoms with Crippen LogP contribution in [0, 0.1) is 12.8 Å². The molecule has 1 amide bonds. The van der Waals surface area contributed by atoms with Crippen LogP contribution in [0.3, 0.4) is 0 Å². The molecular formula is C23H28N2O3. The Hall–Kier alpha value is -2.66. The first-order chi connectivity index (χ1) is 13.5. The third-order valence-electron chi connectivity index (χ3n) is 5.33. The molecule has 1 heterocycles. The summed E-state index contributed by atoms with van der Waals surface area (Å²) in [5.74, 6) is -1.58. The number of carboxylic acid groups (broad SMARTS) is 1.